The predicted molar refractivity (Wildman–Crippen MR) is 222 cm³/mol. The van der Waals surface area contributed by atoms with E-state index in [0.29, 0.717) is 0 Å². The minimum Gasteiger partial charge on any atom is -0.357 e. The van der Waals surface area contributed by atoms with Gasteiger partial charge in [-0.15, -0.1) is 0 Å². The normalized spacial score (nSPS) is 15.9. The molecule has 2 heterocycles. The van der Waals surface area contributed by atoms with Crippen LogP contribution in [0.3, 0.4) is 0 Å². The van der Waals surface area contributed by atoms with Crippen molar-refractivity contribution in [1.29, 1.82) is 0 Å². The van der Waals surface area contributed by atoms with Gasteiger partial charge in [0, 0.05) is 40.0 Å². The van der Waals surface area contributed by atoms with Crippen LogP contribution in [-0.2, 0) is 5.66 Å². The molecule has 1 aliphatic rings. The first kappa shape index (κ1) is 30.8. The van der Waals surface area contributed by atoms with E-state index in [-0.39, 0.29) is 0 Å². The Morgan fingerprint density at radius 3 is 1.81 bits per heavy atom. The molecule has 0 radical (unpaired) electrons. The summed E-state index contributed by atoms with van der Waals surface area (Å²) in [7, 11) is 0. The number of aromatic nitrogens is 1. The molecule has 0 amide bonds. The van der Waals surface area contributed by atoms with Gasteiger partial charge in [0.2, 0.25) is 0 Å². The average molecular weight is 679 g/mol. The van der Waals surface area contributed by atoms with Gasteiger partial charge in [0.1, 0.15) is 5.84 Å². The largest absolute Gasteiger partial charge is 0.357 e. The van der Waals surface area contributed by atoms with E-state index in [1.165, 1.54) is 26.9 Å². The van der Waals surface area contributed by atoms with Crippen molar-refractivity contribution in [2.45, 2.75) is 12.6 Å². The summed E-state index contributed by atoms with van der Waals surface area (Å²) in [4.78, 5) is 10.4. The molecule has 1 unspecified atom stereocenters. The first-order chi connectivity index (χ1) is 26.1. The van der Waals surface area contributed by atoms with Gasteiger partial charge in [0.15, 0.2) is 5.66 Å². The highest BCUT2D eigenvalue weighted by Crippen LogP contribution is 2.37. The number of nitrogens with one attached hydrogen (secondary N) is 2. The van der Waals surface area contributed by atoms with Crippen molar-refractivity contribution in [2.75, 3.05) is 0 Å². The van der Waals surface area contributed by atoms with Crippen LogP contribution in [0.15, 0.2) is 187 Å². The summed E-state index contributed by atoms with van der Waals surface area (Å²) in [5.41, 5.74) is 9.86. The smallest absolute Gasteiger partial charge is 0.155 e. The number of nitrogens with zero attached hydrogens (tertiary/aromatic N) is 2. The van der Waals surface area contributed by atoms with E-state index in [2.05, 4.69) is 175 Å². The highest BCUT2D eigenvalue weighted by atomic mass is 15.2. The Balaban J connectivity index is 1.16. The average Bonchev–Trinajstić information content (AvgIpc) is 3.21. The van der Waals surface area contributed by atoms with Crippen LogP contribution in [0.25, 0.3) is 70.8 Å². The Labute approximate surface area is 307 Å². The van der Waals surface area contributed by atoms with Crippen molar-refractivity contribution in [2.24, 2.45) is 4.99 Å². The van der Waals surface area contributed by atoms with Crippen molar-refractivity contribution in [3.63, 3.8) is 0 Å². The molecule has 4 nitrogen and oxygen atoms in total. The van der Waals surface area contributed by atoms with Crippen molar-refractivity contribution in [3.05, 3.63) is 199 Å². The van der Waals surface area contributed by atoms with E-state index < -0.39 is 5.66 Å². The van der Waals surface area contributed by atoms with Crippen molar-refractivity contribution < 1.29 is 0 Å². The molecule has 0 aliphatic carbocycles. The van der Waals surface area contributed by atoms with Gasteiger partial charge in [-0.05, 0) is 79.8 Å². The van der Waals surface area contributed by atoms with Crippen LogP contribution < -0.4 is 10.6 Å². The lowest BCUT2D eigenvalue weighted by atomic mass is 9.90. The molecule has 250 valence electrons. The second-order valence-corrected chi connectivity index (χ2v) is 13.8. The number of pyridine rings is 1. The minimum atomic E-state index is -0.843. The fourth-order valence-electron chi connectivity index (χ4n) is 7.87. The summed E-state index contributed by atoms with van der Waals surface area (Å²) < 4.78 is 0. The fraction of sp³-hybridized carbons (Fsp3) is 0.0408. The molecule has 10 rings (SSSR count). The van der Waals surface area contributed by atoms with Gasteiger partial charge < -0.3 is 10.6 Å². The molecule has 8 aromatic carbocycles. The van der Waals surface area contributed by atoms with Gasteiger partial charge in [-0.3, -0.25) is 4.98 Å². The molecule has 0 spiro atoms. The standard InChI is InChI=1S/C49H34N4/c1-49(45-30-35-13-3-6-16-39(35)41-18-9-10-20-43(41)45)51-27-26-47(33-24-22-32(23-25-33)37-28-36-14-4-11-21-46(36)50-31-37)52-48(53-49)44-29-34-12-2-5-15-38(34)40-17-7-8-19-42(40)44/h2-25,27-31,51H,1H3,(H,52,53). The number of hydrogen-bond acceptors (Lipinski definition) is 4. The molecule has 9 aromatic rings. The molecule has 0 saturated heterocycles. The molecule has 1 aromatic heterocycles. The maximum Gasteiger partial charge on any atom is 0.155 e. The summed E-state index contributed by atoms with van der Waals surface area (Å²) in [6.07, 6.45) is 3.85. The molecule has 2 N–H and O–H groups in total. The summed E-state index contributed by atoms with van der Waals surface area (Å²) in [6, 6.07) is 58.0. The number of fused-ring (bicyclic) bond motifs is 7. The summed E-state index contributed by atoms with van der Waals surface area (Å²) in [5, 5.41) is 18.1. The Hall–Kier alpha value is -7.00. The minimum absolute atomic E-state index is 0.762. The molecule has 0 saturated carbocycles. The summed E-state index contributed by atoms with van der Waals surface area (Å²) >= 11 is 0. The molecule has 1 atom stereocenters. The van der Waals surface area contributed by atoms with Crippen molar-refractivity contribution >= 4 is 65.5 Å². The van der Waals surface area contributed by atoms with Gasteiger partial charge in [0.05, 0.1) is 11.2 Å². The summed E-state index contributed by atoms with van der Waals surface area (Å²) in [6.45, 7) is 2.16. The maximum atomic E-state index is 5.69. The zero-order valence-electron chi connectivity index (χ0n) is 29.1. The third kappa shape index (κ3) is 5.33. The Morgan fingerprint density at radius 2 is 1.08 bits per heavy atom. The number of aliphatic imine (C=N–C) groups is 1. The predicted octanol–water partition coefficient (Wildman–Crippen LogP) is 11.5. The zero-order chi connectivity index (χ0) is 35.4. The summed E-state index contributed by atoms with van der Waals surface area (Å²) in [5.74, 6) is 0.762. The topological polar surface area (TPSA) is 49.3 Å². The number of rotatable bonds is 4. The monoisotopic (exact) mass is 678 g/mol. The Bertz CT molecular complexity index is 3010. The van der Waals surface area contributed by atoms with Crippen LogP contribution >= 0.6 is 0 Å². The van der Waals surface area contributed by atoms with Gasteiger partial charge >= 0.3 is 0 Å². The van der Waals surface area contributed by atoms with E-state index in [0.717, 1.165) is 66.4 Å². The van der Waals surface area contributed by atoms with E-state index in [9.17, 15) is 0 Å². The van der Waals surface area contributed by atoms with E-state index in [4.69, 9.17) is 9.98 Å². The van der Waals surface area contributed by atoms with Crippen LogP contribution in [0.5, 0.6) is 0 Å². The molecular weight excluding hydrogens is 645 g/mol. The first-order valence-electron chi connectivity index (χ1n) is 18.0. The van der Waals surface area contributed by atoms with E-state index in [1.54, 1.807) is 0 Å². The lowest BCUT2D eigenvalue weighted by molar-refractivity contribution is 0.444. The van der Waals surface area contributed by atoms with Crippen LogP contribution in [-0.4, -0.2) is 10.8 Å². The second kappa shape index (κ2) is 12.3. The van der Waals surface area contributed by atoms with Crippen LogP contribution in [0, 0.1) is 0 Å². The van der Waals surface area contributed by atoms with E-state index in [1.807, 2.05) is 24.5 Å². The molecule has 1 aliphatic heterocycles. The van der Waals surface area contributed by atoms with Gasteiger partial charge in [-0.1, -0.05) is 145 Å². The molecule has 0 bridgehead atoms. The molecular formula is C49H34N4. The lowest BCUT2D eigenvalue weighted by Crippen LogP contribution is -2.39. The van der Waals surface area contributed by atoms with Gasteiger partial charge in [0.25, 0.3) is 0 Å². The number of amidine groups is 1. The quantitative estimate of drug-likeness (QED) is 0.144. The molecule has 0 fully saturated rings. The SMILES string of the molecule is CC1(c2cc3ccccc3c3ccccc23)N=C(c2cc3ccccc3c3ccccc23)NC(c2ccc(-c3cnc4ccccc4c3)cc2)=C=CN1. The number of benzene rings is 8. The fourth-order valence-corrected chi connectivity index (χ4v) is 7.87. The van der Waals surface area contributed by atoms with Crippen LogP contribution in [0.1, 0.15) is 23.6 Å². The molecule has 4 heteroatoms. The van der Waals surface area contributed by atoms with E-state index >= 15 is 0 Å². The Kier molecular flexibility index (Phi) is 7.17. The Morgan fingerprint density at radius 1 is 0.509 bits per heavy atom. The zero-order valence-corrected chi connectivity index (χ0v) is 29.1. The first-order valence-corrected chi connectivity index (χ1v) is 18.0. The van der Waals surface area contributed by atoms with Crippen molar-refractivity contribution in [1.82, 2.24) is 15.6 Å². The van der Waals surface area contributed by atoms with Gasteiger partial charge in [-0.2, -0.15) is 0 Å². The van der Waals surface area contributed by atoms with Crippen molar-refractivity contribution in [3.8, 4) is 11.1 Å². The number of para-hydroxylation sites is 1. The maximum absolute atomic E-state index is 5.69. The number of hydrogen-bond donors (Lipinski definition) is 2. The molecule has 53 heavy (non-hydrogen) atoms. The van der Waals surface area contributed by atoms with Crippen LogP contribution in [0.4, 0.5) is 0 Å². The second-order valence-electron chi connectivity index (χ2n) is 13.8. The third-order valence-corrected chi connectivity index (χ3v) is 10.6. The van der Waals surface area contributed by atoms with Crippen LogP contribution in [0.2, 0.25) is 0 Å². The highest BCUT2D eigenvalue weighted by Gasteiger charge is 2.30. The third-order valence-electron chi connectivity index (χ3n) is 10.6. The van der Waals surface area contributed by atoms with Gasteiger partial charge in [-0.25, -0.2) is 4.99 Å². The lowest BCUT2D eigenvalue weighted by Gasteiger charge is -2.31. The highest BCUT2D eigenvalue weighted by molar-refractivity contribution is 6.20.